The zero-order valence-corrected chi connectivity index (χ0v) is 22.5. The highest BCUT2D eigenvalue weighted by atomic mass is 35.5. The molecule has 210 valence electrons. The fourth-order valence-electron chi connectivity index (χ4n) is 3.91. The fourth-order valence-corrected chi connectivity index (χ4v) is 4.19. The molecule has 1 heterocycles. The van der Waals surface area contributed by atoms with Gasteiger partial charge in [0.05, 0.1) is 34.9 Å². The van der Waals surface area contributed by atoms with Crippen molar-refractivity contribution in [3.05, 3.63) is 98.1 Å². The molecule has 1 saturated heterocycles. The first-order valence-electron chi connectivity index (χ1n) is 12.0. The number of non-ortho nitro benzene ring substituents is 1. The smallest absolute Gasteiger partial charge is 0.337 e. The van der Waals surface area contributed by atoms with E-state index in [-0.39, 0.29) is 52.2 Å². The molecule has 4 rings (SSSR count). The average Bonchev–Trinajstić information content (AvgIpc) is 2.95. The number of barbiturate groups is 1. The molecule has 4 amide bonds. The van der Waals surface area contributed by atoms with Crippen molar-refractivity contribution in [3.8, 4) is 11.5 Å². The summed E-state index contributed by atoms with van der Waals surface area (Å²) in [4.78, 5) is 61.5. The molecular formula is C28H22ClN3O9. The summed E-state index contributed by atoms with van der Waals surface area (Å²) < 4.78 is 16.1. The number of halogens is 1. The van der Waals surface area contributed by atoms with Crippen LogP contribution < -0.4 is 19.7 Å². The van der Waals surface area contributed by atoms with E-state index in [0.717, 1.165) is 4.90 Å². The Morgan fingerprint density at radius 2 is 1.80 bits per heavy atom. The fraction of sp³-hybridized carbons (Fsp3) is 0.143. The normalized spacial score (nSPS) is 14.1. The molecule has 0 aromatic heterocycles. The molecule has 13 heteroatoms. The van der Waals surface area contributed by atoms with Gasteiger partial charge >= 0.3 is 12.0 Å². The SMILES string of the molecule is CCOc1cc(/C=C2\C(=O)NC(=O)N(c3ccc(C(=O)OC)cc3)C2=O)cc(Cl)c1OCc1cccc([N+](=O)[O-])c1. The Hall–Kier alpha value is -5.23. The average molecular weight is 580 g/mol. The van der Waals surface area contributed by atoms with Gasteiger partial charge in [0.1, 0.15) is 12.2 Å². The third kappa shape index (κ3) is 6.34. The molecule has 0 unspecified atom stereocenters. The molecule has 0 aliphatic carbocycles. The van der Waals surface area contributed by atoms with Crippen LogP contribution >= 0.6 is 11.6 Å². The number of methoxy groups -OCH3 is 1. The monoisotopic (exact) mass is 579 g/mol. The molecule has 1 fully saturated rings. The number of nitro groups is 1. The van der Waals surface area contributed by atoms with Gasteiger partial charge in [0.25, 0.3) is 17.5 Å². The van der Waals surface area contributed by atoms with Gasteiger partial charge in [-0.1, -0.05) is 23.7 Å². The number of hydrogen-bond donors (Lipinski definition) is 1. The highest BCUT2D eigenvalue weighted by Crippen LogP contribution is 2.38. The van der Waals surface area contributed by atoms with E-state index in [1.807, 2.05) is 0 Å². The van der Waals surface area contributed by atoms with Crippen molar-refractivity contribution in [2.24, 2.45) is 0 Å². The van der Waals surface area contributed by atoms with Gasteiger partial charge in [-0.15, -0.1) is 0 Å². The number of anilines is 1. The molecule has 0 radical (unpaired) electrons. The van der Waals surface area contributed by atoms with E-state index < -0.39 is 28.7 Å². The molecule has 12 nitrogen and oxygen atoms in total. The van der Waals surface area contributed by atoms with E-state index >= 15 is 0 Å². The Morgan fingerprint density at radius 3 is 2.46 bits per heavy atom. The number of imide groups is 2. The van der Waals surface area contributed by atoms with Crippen molar-refractivity contribution in [2.45, 2.75) is 13.5 Å². The zero-order chi connectivity index (χ0) is 29.7. The molecule has 1 aliphatic heterocycles. The highest BCUT2D eigenvalue weighted by Gasteiger charge is 2.37. The summed E-state index contributed by atoms with van der Waals surface area (Å²) in [5, 5.41) is 13.3. The summed E-state index contributed by atoms with van der Waals surface area (Å²) in [5.41, 5.74) is 0.708. The Kier molecular flexibility index (Phi) is 8.63. The Balaban J connectivity index is 1.63. The number of benzene rings is 3. The van der Waals surface area contributed by atoms with E-state index in [1.54, 1.807) is 13.0 Å². The van der Waals surface area contributed by atoms with Crippen LogP contribution in [0.25, 0.3) is 6.08 Å². The Morgan fingerprint density at radius 1 is 1.07 bits per heavy atom. The van der Waals surface area contributed by atoms with Gasteiger partial charge in [-0.3, -0.25) is 25.0 Å². The number of ether oxygens (including phenoxy) is 3. The summed E-state index contributed by atoms with van der Waals surface area (Å²) >= 11 is 6.48. The maximum atomic E-state index is 13.3. The summed E-state index contributed by atoms with van der Waals surface area (Å²) in [6, 6.07) is 13.4. The largest absolute Gasteiger partial charge is 0.490 e. The number of hydrogen-bond acceptors (Lipinski definition) is 9. The lowest BCUT2D eigenvalue weighted by molar-refractivity contribution is -0.384. The second-order valence-electron chi connectivity index (χ2n) is 8.47. The van der Waals surface area contributed by atoms with Crippen LogP contribution in [0.15, 0.2) is 66.2 Å². The Labute approximate surface area is 238 Å². The second kappa shape index (κ2) is 12.3. The standard InChI is InChI=1S/C28H22ClN3O9/c1-3-40-23-14-17(13-22(29)24(23)41-15-16-5-4-6-20(11-16)32(37)38)12-21-25(33)30-28(36)31(26(21)34)19-9-7-18(8-10-19)27(35)39-2/h4-14H,3,15H2,1-2H3,(H,30,33,36)/b21-12+. The predicted molar refractivity (Wildman–Crippen MR) is 147 cm³/mol. The molecule has 3 aromatic rings. The van der Waals surface area contributed by atoms with E-state index in [2.05, 4.69) is 10.1 Å². The molecule has 0 atom stereocenters. The lowest BCUT2D eigenvalue weighted by Gasteiger charge is -2.26. The summed E-state index contributed by atoms with van der Waals surface area (Å²) in [6.07, 6.45) is 1.25. The third-order valence-corrected chi connectivity index (χ3v) is 6.08. The minimum atomic E-state index is -0.957. The molecule has 0 spiro atoms. The van der Waals surface area contributed by atoms with Gasteiger partial charge in [0, 0.05) is 12.1 Å². The third-order valence-electron chi connectivity index (χ3n) is 5.80. The molecule has 3 aromatic carbocycles. The van der Waals surface area contributed by atoms with Crippen LogP contribution in [-0.2, 0) is 20.9 Å². The quantitative estimate of drug-likeness (QED) is 0.125. The summed E-state index contributed by atoms with van der Waals surface area (Å²) in [5.74, 6) is -2.05. The number of carbonyl (C=O) groups is 4. The first kappa shape index (κ1) is 28.8. The molecule has 41 heavy (non-hydrogen) atoms. The highest BCUT2D eigenvalue weighted by molar-refractivity contribution is 6.39. The van der Waals surface area contributed by atoms with Crippen molar-refractivity contribution in [2.75, 3.05) is 18.6 Å². The Bertz CT molecular complexity index is 1590. The van der Waals surface area contributed by atoms with Crippen LogP contribution in [0, 0.1) is 10.1 Å². The minimum absolute atomic E-state index is 0.0470. The van der Waals surface area contributed by atoms with E-state index in [9.17, 15) is 29.3 Å². The van der Waals surface area contributed by atoms with Gasteiger partial charge < -0.3 is 14.2 Å². The maximum absolute atomic E-state index is 13.3. The lowest BCUT2D eigenvalue weighted by atomic mass is 10.1. The van der Waals surface area contributed by atoms with Gasteiger partial charge in [-0.2, -0.15) is 0 Å². The number of nitrogens with zero attached hydrogens (tertiary/aromatic N) is 2. The number of nitrogens with one attached hydrogen (secondary N) is 1. The van der Waals surface area contributed by atoms with Gasteiger partial charge in [0.2, 0.25) is 0 Å². The molecule has 1 aliphatic rings. The van der Waals surface area contributed by atoms with Crippen LogP contribution in [-0.4, -0.2) is 42.5 Å². The van der Waals surface area contributed by atoms with Gasteiger partial charge in [-0.05, 0) is 60.5 Å². The molecule has 1 N–H and O–H groups in total. The van der Waals surface area contributed by atoms with Crippen LogP contribution in [0.2, 0.25) is 5.02 Å². The van der Waals surface area contributed by atoms with Gasteiger partial charge in [0.15, 0.2) is 11.5 Å². The van der Waals surface area contributed by atoms with Crippen LogP contribution in [0.4, 0.5) is 16.2 Å². The van der Waals surface area contributed by atoms with E-state index in [4.69, 9.17) is 21.1 Å². The maximum Gasteiger partial charge on any atom is 0.337 e. The lowest BCUT2D eigenvalue weighted by Crippen LogP contribution is -2.54. The van der Waals surface area contributed by atoms with Crippen molar-refractivity contribution in [1.82, 2.24) is 5.32 Å². The van der Waals surface area contributed by atoms with Crippen LogP contribution in [0.3, 0.4) is 0 Å². The van der Waals surface area contributed by atoms with E-state index in [1.165, 1.54) is 67.8 Å². The first-order valence-corrected chi connectivity index (χ1v) is 12.4. The minimum Gasteiger partial charge on any atom is -0.490 e. The van der Waals surface area contributed by atoms with E-state index in [0.29, 0.717) is 11.1 Å². The van der Waals surface area contributed by atoms with Crippen LogP contribution in [0.1, 0.15) is 28.4 Å². The topological polar surface area (TPSA) is 154 Å². The van der Waals surface area contributed by atoms with Gasteiger partial charge in [-0.25, -0.2) is 14.5 Å². The molecular weight excluding hydrogens is 558 g/mol. The van der Waals surface area contributed by atoms with Crippen molar-refractivity contribution in [1.29, 1.82) is 0 Å². The predicted octanol–water partition coefficient (Wildman–Crippen LogP) is 4.68. The van der Waals surface area contributed by atoms with Crippen molar-refractivity contribution >= 4 is 52.9 Å². The van der Waals surface area contributed by atoms with Crippen LogP contribution in [0.5, 0.6) is 11.5 Å². The second-order valence-corrected chi connectivity index (χ2v) is 8.88. The van der Waals surface area contributed by atoms with Crippen molar-refractivity contribution < 1.29 is 38.3 Å². The first-order chi connectivity index (χ1) is 19.6. The number of urea groups is 1. The molecule has 0 bridgehead atoms. The van der Waals surface area contributed by atoms with Crippen molar-refractivity contribution in [3.63, 3.8) is 0 Å². The number of nitro benzene ring substituents is 1. The zero-order valence-electron chi connectivity index (χ0n) is 21.7. The number of carbonyl (C=O) groups excluding carboxylic acids is 4. The molecule has 0 saturated carbocycles. The summed E-state index contributed by atoms with van der Waals surface area (Å²) in [6.45, 7) is 1.91. The number of amides is 4. The number of esters is 1. The number of rotatable bonds is 9. The summed E-state index contributed by atoms with van der Waals surface area (Å²) in [7, 11) is 1.22.